The summed E-state index contributed by atoms with van der Waals surface area (Å²) in [5, 5.41) is 9.96. The first-order chi connectivity index (χ1) is 5.37. The van der Waals surface area contributed by atoms with Gasteiger partial charge in [0.2, 0.25) is 0 Å². The zero-order valence-electron chi connectivity index (χ0n) is 8.55. The maximum absolute atomic E-state index is 9.96. The van der Waals surface area contributed by atoms with Gasteiger partial charge in [0, 0.05) is 5.41 Å². The molecule has 0 aromatic rings. The molecule has 1 saturated heterocycles. The van der Waals surface area contributed by atoms with Gasteiger partial charge in [-0.05, 0) is 26.2 Å². The van der Waals surface area contributed by atoms with E-state index in [1.165, 1.54) is 0 Å². The molecule has 0 unspecified atom stereocenters. The minimum atomic E-state index is -0.602. The van der Waals surface area contributed by atoms with Crippen LogP contribution in [0.2, 0.25) is 0 Å². The average Bonchev–Trinajstić information content (AvgIpc) is 1.74. The summed E-state index contributed by atoms with van der Waals surface area (Å²) in [4.78, 5) is 0. The van der Waals surface area contributed by atoms with Crippen LogP contribution in [0.15, 0.2) is 0 Å². The topological polar surface area (TPSA) is 29.5 Å². The number of hydrogen-bond donors (Lipinski definition) is 1. The van der Waals surface area contributed by atoms with Crippen LogP contribution in [0.4, 0.5) is 0 Å². The number of aliphatic hydroxyl groups is 1. The molecule has 1 N–H and O–H groups in total. The second-order valence-electron chi connectivity index (χ2n) is 4.93. The molecule has 2 heteroatoms. The Kier molecular flexibility index (Phi) is 2.50. The van der Waals surface area contributed by atoms with Gasteiger partial charge in [0.1, 0.15) is 0 Å². The predicted molar refractivity (Wildman–Crippen MR) is 49.0 cm³/mol. The molecule has 1 rings (SSSR count). The van der Waals surface area contributed by atoms with Crippen LogP contribution < -0.4 is 0 Å². The molecule has 0 saturated carbocycles. The highest BCUT2D eigenvalue weighted by molar-refractivity contribution is 4.98. The summed E-state index contributed by atoms with van der Waals surface area (Å²) in [6.45, 7) is 9.58. The van der Waals surface area contributed by atoms with E-state index in [-0.39, 0.29) is 5.41 Å². The van der Waals surface area contributed by atoms with Crippen LogP contribution in [0.3, 0.4) is 0 Å². The summed E-state index contributed by atoms with van der Waals surface area (Å²) in [5.41, 5.74) is -0.587. The molecule has 0 aliphatic carbocycles. The molecule has 1 fully saturated rings. The fraction of sp³-hybridized carbons (Fsp3) is 1.00. The second-order valence-corrected chi connectivity index (χ2v) is 4.93. The highest BCUT2D eigenvalue weighted by Gasteiger charge is 2.50. The summed E-state index contributed by atoms with van der Waals surface area (Å²) in [7, 11) is 0. The SMILES string of the molecule is CC(C)CC1(C(C)(C)O)COC1. The Bertz CT molecular complexity index is 152. The molecular weight excluding hydrogens is 152 g/mol. The van der Waals surface area contributed by atoms with E-state index in [9.17, 15) is 5.11 Å². The maximum Gasteiger partial charge on any atom is 0.0692 e. The third-order valence-corrected chi connectivity index (χ3v) is 2.85. The van der Waals surface area contributed by atoms with Crippen molar-refractivity contribution < 1.29 is 9.84 Å². The molecular formula is C10H20O2. The minimum Gasteiger partial charge on any atom is -0.390 e. The van der Waals surface area contributed by atoms with Crippen molar-refractivity contribution in [3.8, 4) is 0 Å². The molecule has 1 aliphatic heterocycles. The monoisotopic (exact) mass is 172 g/mol. The normalized spacial score (nSPS) is 22.5. The molecule has 72 valence electrons. The van der Waals surface area contributed by atoms with Gasteiger partial charge in [0.25, 0.3) is 0 Å². The Balaban J connectivity index is 2.63. The van der Waals surface area contributed by atoms with Crippen LogP contribution in [0.5, 0.6) is 0 Å². The van der Waals surface area contributed by atoms with Gasteiger partial charge >= 0.3 is 0 Å². The largest absolute Gasteiger partial charge is 0.390 e. The Hall–Kier alpha value is -0.0800. The van der Waals surface area contributed by atoms with E-state index in [4.69, 9.17) is 4.74 Å². The van der Waals surface area contributed by atoms with Gasteiger partial charge in [0.05, 0.1) is 18.8 Å². The molecule has 0 amide bonds. The summed E-state index contributed by atoms with van der Waals surface area (Å²) in [6.07, 6.45) is 1.05. The first kappa shape index (κ1) is 10.0. The van der Waals surface area contributed by atoms with Gasteiger partial charge < -0.3 is 9.84 Å². The minimum absolute atomic E-state index is 0.0150. The molecule has 2 nitrogen and oxygen atoms in total. The quantitative estimate of drug-likeness (QED) is 0.703. The number of rotatable bonds is 3. The van der Waals surface area contributed by atoms with E-state index < -0.39 is 5.60 Å². The van der Waals surface area contributed by atoms with E-state index in [0.29, 0.717) is 19.1 Å². The molecule has 1 aliphatic rings. The van der Waals surface area contributed by atoms with E-state index in [2.05, 4.69) is 13.8 Å². The van der Waals surface area contributed by atoms with E-state index >= 15 is 0 Å². The van der Waals surface area contributed by atoms with E-state index in [1.807, 2.05) is 13.8 Å². The van der Waals surface area contributed by atoms with Crippen molar-refractivity contribution >= 4 is 0 Å². The zero-order valence-corrected chi connectivity index (χ0v) is 8.55. The van der Waals surface area contributed by atoms with Gasteiger partial charge in [-0.15, -0.1) is 0 Å². The van der Waals surface area contributed by atoms with Crippen LogP contribution in [0, 0.1) is 11.3 Å². The van der Waals surface area contributed by atoms with Crippen molar-refractivity contribution in [3.63, 3.8) is 0 Å². The summed E-state index contributed by atoms with van der Waals surface area (Å²) >= 11 is 0. The van der Waals surface area contributed by atoms with Gasteiger partial charge in [-0.25, -0.2) is 0 Å². The standard InChI is InChI=1S/C10H20O2/c1-8(2)5-10(6-12-7-10)9(3,4)11/h8,11H,5-7H2,1-4H3. The Morgan fingerprint density at radius 2 is 1.92 bits per heavy atom. The van der Waals surface area contributed by atoms with Crippen LogP contribution in [0.1, 0.15) is 34.1 Å². The average molecular weight is 172 g/mol. The fourth-order valence-electron chi connectivity index (χ4n) is 1.85. The zero-order chi connectivity index (χ0) is 9.41. The van der Waals surface area contributed by atoms with Crippen molar-refractivity contribution in [3.05, 3.63) is 0 Å². The molecule has 1 heterocycles. The van der Waals surface area contributed by atoms with Crippen molar-refractivity contribution in [1.29, 1.82) is 0 Å². The Morgan fingerprint density at radius 3 is 2.00 bits per heavy atom. The predicted octanol–water partition coefficient (Wildman–Crippen LogP) is 1.82. The maximum atomic E-state index is 9.96. The molecule has 12 heavy (non-hydrogen) atoms. The van der Waals surface area contributed by atoms with E-state index in [0.717, 1.165) is 6.42 Å². The van der Waals surface area contributed by atoms with Gasteiger partial charge in [-0.1, -0.05) is 13.8 Å². The lowest BCUT2D eigenvalue weighted by Gasteiger charge is -2.50. The van der Waals surface area contributed by atoms with Crippen molar-refractivity contribution in [2.75, 3.05) is 13.2 Å². The lowest BCUT2D eigenvalue weighted by atomic mass is 9.67. The van der Waals surface area contributed by atoms with Crippen LogP contribution >= 0.6 is 0 Å². The second kappa shape index (κ2) is 3.00. The lowest BCUT2D eigenvalue weighted by molar-refractivity contribution is -0.215. The van der Waals surface area contributed by atoms with Gasteiger partial charge in [0.15, 0.2) is 0 Å². The van der Waals surface area contributed by atoms with E-state index in [1.54, 1.807) is 0 Å². The van der Waals surface area contributed by atoms with Crippen molar-refractivity contribution in [2.45, 2.75) is 39.7 Å². The van der Waals surface area contributed by atoms with Crippen LogP contribution in [-0.2, 0) is 4.74 Å². The third-order valence-electron chi connectivity index (χ3n) is 2.85. The Labute approximate surface area is 74.9 Å². The molecule has 0 aromatic heterocycles. The smallest absolute Gasteiger partial charge is 0.0692 e. The highest BCUT2D eigenvalue weighted by atomic mass is 16.5. The number of ether oxygens (including phenoxy) is 1. The van der Waals surface area contributed by atoms with Crippen LogP contribution in [0.25, 0.3) is 0 Å². The summed E-state index contributed by atoms with van der Waals surface area (Å²) < 4.78 is 5.21. The molecule has 0 atom stereocenters. The fourth-order valence-corrected chi connectivity index (χ4v) is 1.85. The van der Waals surface area contributed by atoms with Crippen molar-refractivity contribution in [1.82, 2.24) is 0 Å². The molecule has 0 aromatic carbocycles. The van der Waals surface area contributed by atoms with Gasteiger partial charge in [-0.3, -0.25) is 0 Å². The van der Waals surface area contributed by atoms with Crippen LogP contribution in [-0.4, -0.2) is 23.9 Å². The lowest BCUT2D eigenvalue weighted by Crippen LogP contribution is -2.57. The van der Waals surface area contributed by atoms with Gasteiger partial charge in [-0.2, -0.15) is 0 Å². The third kappa shape index (κ3) is 1.64. The molecule has 0 bridgehead atoms. The number of hydrogen-bond acceptors (Lipinski definition) is 2. The first-order valence-electron chi connectivity index (χ1n) is 4.67. The molecule has 0 spiro atoms. The summed E-state index contributed by atoms with van der Waals surface area (Å²) in [5.74, 6) is 0.625. The first-order valence-corrected chi connectivity index (χ1v) is 4.67. The van der Waals surface area contributed by atoms with Crippen molar-refractivity contribution in [2.24, 2.45) is 11.3 Å². The molecule has 0 radical (unpaired) electrons. The highest BCUT2D eigenvalue weighted by Crippen LogP contribution is 2.43. The summed E-state index contributed by atoms with van der Waals surface area (Å²) in [6, 6.07) is 0. The Morgan fingerprint density at radius 1 is 1.42 bits per heavy atom.